The van der Waals surface area contributed by atoms with Crippen molar-refractivity contribution in [3.05, 3.63) is 24.0 Å². The van der Waals surface area contributed by atoms with Crippen molar-refractivity contribution in [1.29, 1.82) is 0 Å². The molecule has 1 aromatic heterocycles. The van der Waals surface area contributed by atoms with E-state index in [1.54, 1.807) is 15.9 Å². The quantitative estimate of drug-likeness (QED) is 0.778. The molecular weight excluding hydrogens is 405 g/mol. The van der Waals surface area contributed by atoms with E-state index in [1.807, 2.05) is 0 Å². The molecule has 4 heterocycles. The van der Waals surface area contributed by atoms with E-state index in [9.17, 15) is 22.8 Å². The average molecular weight is 428 g/mol. The van der Waals surface area contributed by atoms with E-state index >= 15 is 0 Å². The number of urea groups is 1. The van der Waals surface area contributed by atoms with Crippen molar-refractivity contribution in [2.45, 2.75) is 43.7 Å². The summed E-state index contributed by atoms with van der Waals surface area (Å²) in [6.45, 7) is 2.16. The van der Waals surface area contributed by atoms with Crippen molar-refractivity contribution in [2.75, 3.05) is 32.8 Å². The Morgan fingerprint density at radius 2 is 1.90 bits per heavy atom. The van der Waals surface area contributed by atoms with Gasteiger partial charge in [0.05, 0.1) is 18.3 Å². The molecule has 11 heteroatoms. The van der Waals surface area contributed by atoms with Gasteiger partial charge >= 0.3 is 12.4 Å². The number of amides is 3. The molecule has 0 spiro atoms. The van der Waals surface area contributed by atoms with Crippen LogP contribution in [0.15, 0.2) is 18.3 Å². The van der Waals surface area contributed by atoms with E-state index in [2.05, 4.69) is 15.0 Å². The number of ether oxygens (including phenoxy) is 2. The van der Waals surface area contributed by atoms with Gasteiger partial charge in [-0.2, -0.15) is 0 Å². The highest BCUT2D eigenvalue weighted by molar-refractivity contribution is 5.79. The smallest absolute Gasteiger partial charge is 0.404 e. The van der Waals surface area contributed by atoms with Crippen molar-refractivity contribution in [3.63, 3.8) is 0 Å². The molecule has 3 fully saturated rings. The summed E-state index contributed by atoms with van der Waals surface area (Å²) in [5.74, 6) is -0.433. The Hall–Kier alpha value is -2.56. The van der Waals surface area contributed by atoms with E-state index in [0.717, 1.165) is 6.20 Å². The lowest BCUT2D eigenvalue weighted by molar-refractivity contribution is -0.274. The molecule has 3 aliphatic rings. The number of nitrogens with one attached hydrogen (secondary N) is 1. The molecular formula is C19H23F3N4O4. The molecule has 4 rings (SSSR count). The fourth-order valence-corrected chi connectivity index (χ4v) is 4.27. The number of fused-ring (bicyclic) bond motifs is 1. The maximum atomic E-state index is 12.9. The topological polar surface area (TPSA) is 84.0 Å². The van der Waals surface area contributed by atoms with Crippen molar-refractivity contribution in [2.24, 2.45) is 0 Å². The molecule has 1 aromatic rings. The molecule has 0 bridgehead atoms. The molecule has 2 atom stereocenters. The Morgan fingerprint density at radius 3 is 2.57 bits per heavy atom. The van der Waals surface area contributed by atoms with Gasteiger partial charge in [-0.15, -0.1) is 13.2 Å². The van der Waals surface area contributed by atoms with Crippen LogP contribution < -0.4 is 10.1 Å². The maximum Gasteiger partial charge on any atom is 0.573 e. The van der Waals surface area contributed by atoms with E-state index in [-0.39, 0.29) is 42.4 Å². The number of likely N-dealkylation sites (tertiary alicyclic amines) is 2. The number of carbonyl (C=O) groups is 2. The second-order valence-corrected chi connectivity index (χ2v) is 7.77. The minimum atomic E-state index is -4.74. The normalized spacial score (nSPS) is 25.5. The summed E-state index contributed by atoms with van der Waals surface area (Å²) in [4.78, 5) is 32.1. The first kappa shape index (κ1) is 20.7. The van der Waals surface area contributed by atoms with Crippen LogP contribution in [-0.2, 0) is 9.53 Å². The summed E-state index contributed by atoms with van der Waals surface area (Å²) in [7, 11) is 0. The fourth-order valence-electron chi connectivity index (χ4n) is 4.27. The maximum absolute atomic E-state index is 12.9. The lowest BCUT2D eigenvalue weighted by Gasteiger charge is -2.43. The monoisotopic (exact) mass is 428 g/mol. The number of hydrogen-bond donors (Lipinski definition) is 1. The molecule has 0 aliphatic carbocycles. The van der Waals surface area contributed by atoms with Crippen molar-refractivity contribution in [1.82, 2.24) is 20.1 Å². The zero-order valence-corrected chi connectivity index (χ0v) is 16.2. The molecule has 1 N–H and O–H groups in total. The van der Waals surface area contributed by atoms with Crippen molar-refractivity contribution in [3.8, 4) is 5.75 Å². The van der Waals surface area contributed by atoms with Gasteiger partial charge in [0.2, 0.25) is 5.91 Å². The first-order valence-electron chi connectivity index (χ1n) is 9.95. The van der Waals surface area contributed by atoms with Gasteiger partial charge in [0, 0.05) is 37.8 Å². The number of piperidine rings is 2. The zero-order chi connectivity index (χ0) is 21.3. The predicted octanol–water partition coefficient (Wildman–Crippen LogP) is 1.87. The van der Waals surface area contributed by atoms with Crippen LogP contribution in [0, 0.1) is 0 Å². The van der Waals surface area contributed by atoms with Gasteiger partial charge in [0.1, 0.15) is 12.4 Å². The number of carbonyl (C=O) groups excluding carboxylic acids is 2. The highest BCUT2D eigenvalue weighted by Crippen LogP contribution is 2.30. The van der Waals surface area contributed by atoms with Gasteiger partial charge in [0.25, 0.3) is 0 Å². The van der Waals surface area contributed by atoms with E-state index in [0.29, 0.717) is 51.1 Å². The third kappa shape index (κ3) is 4.77. The third-order valence-corrected chi connectivity index (χ3v) is 5.77. The Balaban J connectivity index is 1.29. The van der Waals surface area contributed by atoms with E-state index < -0.39 is 6.36 Å². The van der Waals surface area contributed by atoms with Crippen LogP contribution in [0.3, 0.4) is 0 Å². The number of rotatable bonds is 2. The van der Waals surface area contributed by atoms with Crippen LogP contribution in [0.4, 0.5) is 18.0 Å². The molecule has 3 aliphatic heterocycles. The van der Waals surface area contributed by atoms with Crippen molar-refractivity contribution < 1.29 is 32.2 Å². The number of nitrogens with zero attached hydrogens (tertiary/aromatic N) is 3. The van der Waals surface area contributed by atoms with Crippen LogP contribution in [0.5, 0.6) is 5.75 Å². The molecule has 0 radical (unpaired) electrons. The summed E-state index contributed by atoms with van der Waals surface area (Å²) in [5, 5.41) is 2.89. The fraction of sp³-hybridized carbons (Fsp3) is 0.632. The van der Waals surface area contributed by atoms with Gasteiger partial charge < -0.3 is 24.6 Å². The van der Waals surface area contributed by atoms with Crippen LogP contribution in [0.2, 0.25) is 0 Å². The van der Waals surface area contributed by atoms with Crippen LogP contribution in [0.25, 0.3) is 0 Å². The lowest BCUT2D eigenvalue weighted by atomic mass is 9.93. The number of aromatic nitrogens is 1. The van der Waals surface area contributed by atoms with Crippen LogP contribution in [-0.4, -0.2) is 78.0 Å². The number of morpholine rings is 1. The highest BCUT2D eigenvalue weighted by atomic mass is 19.4. The molecule has 0 aromatic carbocycles. The van der Waals surface area contributed by atoms with Gasteiger partial charge in [-0.25, -0.2) is 4.79 Å². The molecule has 1 unspecified atom stereocenters. The highest BCUT2D eigenvalue weighted by Gasteiger charge is 2.38. The standard InChI is InChI=1S/C19H23F3N4O4/c20-19(21,22)30-13-1-2-14(23-9-13)12-3-6-25(7-4-12)18(28)26-8-5-16-15(10-26)24-17(27)11-29-16/h1-2,9,12,15-16H,3-8,10-11H2,(H,24,27)/t15-,16?/m1/s1. The van der Waals surface area contributed by atoms with E-state index in [1.165, 1.54) is 6.07 Å². The summed E-state index contributed by atoms with van der Waals surface area (Å²) < 4.78 is 46.2. The number of hydrogen-bond acceptors (Lipinski definition) is 5. The summed E-state index contributed by atoms with van der Waals surface area (Å²) in [6, 6.07) is 2.56. The molecule has 164 valence electrons. The van der Waals surface area contributed by atoms with Gasteiger partial charge in [-0.1, -0.05) is 0 Å². The third-order valence-electron chi connectivity index (χ3n) is 5.77. The molecule has 8 nitrogen and oxygen atoms in total. The van der Waals surface area contributed by atoms with Crippen molar-refractivity contribution >= 4 is 11.9 Å². The predicted molar refractivity (Wildman–Crippen MR) is 97.7 cm³/mol. The SMILES string of the molecule is O=C1COC2CCN(C(=O)N3CCC(c4ccc(OC(F)(F)F)cn4)CC3)C[C@H]2N1. The zero-order valence-electron chi connectivity index (χ0n) is 16.2. The lowest BCUT2D eigenvalue weighted by Crippen LogP contribution is -2.62. The summed E-state index contributed by atoms with van der Waals surface area (Å²) in [5.41, 5.74) is 0.694. The van der Waals surface area contributed by atoms with E-state index in [4.69, 9.17) is 4.74 Å². The number of alkyl halides is 3. The molecule has 3 saturated heterocycles. The summed E-state index contributed by atoms with van der Waals surface area (Å²) >= 11 is 0. The van der Waals surface area contributed by atoms with Crippen LogP contribution in [0.1, 0.15) is 30.9 Å². The molecule has 0 saturated carbocycles. The van der Waals surface area contributed by atoms with Crippen LogP contribution >= 0.6 is 0 Å². The first-order valence-corrected chi connectivity index (χ1v) is 9.95. The Morgan fingerprint density at radius 1 is 1.17 bits per heavy atom. The second-order valence-electron chi connectivity index (χ2n) is 7.77. The number of pyridine rings is 1. The summed E-state index contributed by atoms with van der Waals surface area (Å²) in [6.07, 6.45) is -1.67. The Kier molecular flexibility index (Phi) is 5.72. The second kappa shape index (κ2) is 8.29. The largest absolute Gasteiger partial charge is 0.573 e. The van der Waals surface area contributed by atoms with Gasteiger partial charge in [-0.05, 0) is 31.4 Å². The molecule has 3 amide bonds. The molecule has 30 heavy (non-hydrogen) atoms. The Bertz CT molecular complexity index is 781. The minimum absolute atomic E-state index is 0.0483. The van der Waals surface area contributed by atoms with Gasteiger partial charge in [-0.3, -0.25) is 9.78 Å². The average Bonchev–Trinajstić information content (AvgIpc) is 2.72. The first-order chi connectivity index (χ1) is 14.3. The Labute approximate surface area is 171 Å². The number of halogens is 3. The minimum Gasteiger partial charge on any atom is -0.404 e. The van der Waals surface area contributed by atoms with Gasteiger partial charge in [0.15, 0.2) is 0 Å².